The van der Waals surface area contributed by atoms with Gasteiger partial charge in [-0.3, -0.25) is 0 Å². The molecule has 0 spiro atoms. The van der Waals surface area contributed by atoms with Crippen LogP contribution >= 0.6 is 11.6 Å². The fourth-order valence-electron chi connectivity index (χ4n) is 2.19. The minimum absolute atomic E-state index is 0.176. The average molecular weight is 362 g/mol. The Hall–Kier alpha value is -2.66. The summed E-state index contributed by atoms with van der Waals surface area (Å²) in [6.45, 7) is 6.91. The molecule has 0 aromatic heterocycles. The Bertz CT molecular complexity index is 761. The molecule has 0 aliphatic heterocycles. The Labute approximate surface area is 151 Å². The second-order valence-electron chi connectivity index (χ2n) is 5.17. The topological polar surface area (TPSA) is 67.8 Å². The Balaban J connectivity index is 2.15. The molecule has 0 aliphatic carbocycles. The normalized spacial score (nSPS) is 10.2. The van der Waals surface area contributed by atoms with E-state index in [-0.39, 0.29) is 5.56 Å². The summed E-state index contributed by atoms with van der Waals surface area (Å²) in [6, 6.07) is 10.2. The van der Waals surface area contributed by atoms with Gasteiger partial charge in [-0.15, -0.1) is 0 Å². The average Bonchev–Trinajstić information content (AvgIpc) is 2.60. The van der Waals surface area contributed by atoms with Crippen LogP contribution in [-0.4, -0.2) is 24.3 Å². The van der Waals surface area contributed by atoms with Crippen LogP contribution in [0, 0.1) is 0 Å². The molecule has 5 nitrogen and oxygen atoms in total. The maximum atomic E-state index is 11.1. The van der Waals surface area contributed by atoms with Crippen molar-refractivity contribution in [2.24, 2.45) is 0 Å². The first kappa shape index (κ1) is 18.7. The van der Waals surface area contributed by atoms with E-state index in [0.29, 0.717) is 42.0 Å². The lowest BCUT2D eigenvalue weighted by Crippen LogP contribution is -2.04. The molecular formula is C19H20ClNO4. The van der Waals surface area contributed by atoms with Gasteiger partial charge in [0, 0.05) is 6.54 Å². The molecule has 0 amide bonds. The van der Waals surface area contributed by atoms with E-state index in [4.69, 9.17) is 26.2 Å². The molecule has 0 saturated carbocycles. The lowest BCUT2D eigenvalue weighted by molar-refractivity contribution is 0.0697. The van der Waals surface area contributed by atoms with Crippen LogP contribution in [0.5, 0.6) is 11.5 Å². The molecule has 0 radical (unpaired) electrons. The largest absolute Gasteiger partial charge is 0.490 e. The number of halogens is 1. The summed E-state index contributed by atoms with van der Waals surface area (Å²) < 4.78 is 11.2. The highest BCUT2D eigenvalue weighted by Gasteiger charge is 2.09. The predicted octanol–water partition coefficient (Wildman–Crippen LogP) is 4.61. The van der Waals surface area contributed by atoms with Gasteiger partial charge < -0.3 is 19.9 Å². The third kappa shape index (κ3) is 5.16. The van der Waals surface area contributed by atoms with Gasteiger partial charge in [0.15, 0.2) is 11.5 Å². The van der Waals surface area contributed by atoms with Crippen molar-refractivity contribution in [2.75, 3.05) is 18.5 Å². The lowest BCUT2D eigenvalue weighted by atomic mass is 10.1. The number of nitrogens with one attached hydrogen (secondary N) is 1. The molecule has 2 aromatic rings. The summed E-state index contributed by atoms with van der Waals surface area (Å²) in [5.74, 6) is 0.299. The number of rotatable bonds is 9. The van der Waals surface area contributed by atoms with Crippen molar-refractivity contribution in [1.29, 1.82) is 0 Å². The Kier molecular flexibility index (Phi) is 6.71. The molecule has 25 heavy (non-hydrogen) atoms. The van der Waals surface area contributed by atoms with Gasteiger partial charge in [-0.2, -0.15) is 0 Å². The van der Waals surface area contributed by atoms with E-state index >= 15 is 0 Å². The van der Waals surface area contributed by atoms with Gasteiger partial charge in [0.25, 0.3) is 0 Å². The molecule has 132 valence electrons. The number of carbonyl (C=O) groups is 1. The van der Waals surface area contributed by atoms with Gasteiger partial charge in [0.05, 0.1) is 22.9 Å². The van der Waals surface area contributed by atoms with E-state index in [1.165, 1.54) is 12.1 Å². The fourth-order valence-corrected chi connectivity index (χ4v) is 2.37. The maximum absolute atomic E-state index is 11.1. The van der Waals surface area contributed by atoms with E-state index in [9.17, 15) is 4.79 Å². The molecule has 0 saturated heterocycles. The summed E-state index contributed by atoms with van der Waals surface area (Å²) in [5.41, 5.74) is 1.69. The number of benzene rings is 2. The second kappa shape index (κ2) is 8.99. The molecular weight excluding hydrogens is 342 g/mol. The highest BCUT2D eigenvalue weighted by molar-refractivity contribution is 6.33. The van der Waals surface area contributed by atoms with Gasteiger partial charge in [0.2, 0.25) is 0 Å². The zero-order valence-corrected chi connectivity index (χ0v) is 14.7. The molecule has 0 bridgehead atoms. The van der Waals surface area contributed by atoms with E-state index < -0.39 is 5.97 Å². The Morgan fingerprint density at radius 1 is 1.24 bits per heavy atom. The Morgan fingerprint density at radius 3 is 2.72 bits per heavy atom. The van der Waals surface area contributed by atoms with Crippen molar-refractivity contribution in [2.45, 2.75) is 13.5 Å². The van der Waals surface area contributed by atoms with Crippen molar-refractivity contribution >= 4 is 23.3 Å². The van der Waals surface area contributed by atoms with E-state index in [1.807, 2.05) is 25.1 Å². The first-order valence-corrected chi connectivity index (χ1v) is 8.19. The third-order valence-electron chi connectivity index (χ3n) is 3.36. The van der Waals surface area contributed by atoms with Crippen LogP contribution in [0.15, 0.2) is 49.1 Å². The van der Waals surface area contributed by atoms with Gasteiger partial charge in [-0.05, 0) is 42.8 Å². The first-order valence-electron chi connectivity index (χ1n) is 7.81. The van der Waals surface area contributed by atoms with E-state index in [1.54, 1.807) is 12.1 Å². The molecule has 6 heteroatoms. The van der Waals surface area contributed by atoms with Crippen molar-refractivity contribution in [3.63, 3.8) is 0 Å². The van der Waals surface area contributed by atoms with Crippen molar-refractivity contribution < 1.29 is 19.4 Å². The summed E-state index contributed by atoms with van der Waals surface area (Å²) >= 11 is 6.12. The monoisotopic (exact) mass is 361 g/mol. The summed E-state index contributed by atoms with van der Waals surface area (Å²) in [5, 5.41) is 12.7. The summed E-state index contributed by atoms with van der Waals surface area (Å²) in [7, 11) is 0. The Morgan fingerprint density at radius 2 is 2.04 bits per heavy atom. The number of hydrogen-bond acceptors (Lipinski definition) is 4. The predicted molar refractivity (Wildman–Crippen MR) is 99.0 cm³/mol. The number of hydrogen-bond donors (Lipinski definition) is 2. The quantitative estimate of drug-likeness (QED) is 0.638. The molecule has 0 aliphatic rings. The smallest absolute Gasteiger partial charge is 0.335 e. The van der Waals surface area contributed by atoms with Crippen molar-refractivity contribution in [3.05, 3.63) is 65.2 Å². The van der Waals surface area contributed by atoms with Gasteiger partial charge >= 0.3 is 5.97 Å². The van der Waals surface area contributed by atoms with Gasteiger partial charge in [-0.25, -0.2) is 4.79 Å². The van der Waals surface area contributed by atoms with Crippen LogP contribution in [0.25, 0.3) is 0 Å². The van der Waals surface area contributed by atoms with Crippen LogP contribution in [0.3, 0.4) is 0 Å². The molecule has 0 unspecified atom stereocenters. The minimum atomic E-state index is -0.998. The summed E-state index contributed by atoms with van der Waals surface area (Å²) in [4.78, 5) is 11.1. The fraction of sp³-hybridized carbons (Fsp3) is 0.211. The van der Waals surface area contributed by atoms with Crippen molar-refractivity contribution in [1.82, 2.24) is 0 Å². The molecule has 0 heterocycles. The van der Waals surface area contributed by atoms with E-state index in [2.05, 4.69) is 11.9 Å². The third-order valence-corrected chi connectivity index (χ3v) is 3.69. The second-order valence-corrected chi connectivity index (χ2v) is 5.57. The maximum Gasteiger partial charge on any atom is 0.335 e. The van der Waals surface area contributed by atoms with Crippen LogP contribution in [0.4, 0.5) is 5.69 Å². The van der Waals surface area contributed by atoms with Crippen LogP contribution in [0.2, 0.25) is 5.02 Å². The molecule has 2 aromatic carbocycles. The standard InChI is InChI=1S/C19H20ClNO4/c1-3-9-25-17-8-5-13(10-18(17)24-4-2)12-21-16-11-14(19(22)23)6-7-15(16)20/h3,5-8,10-11,21H,1,4,9,12H2,2H3,(H,22,23). The molecule has 0 fully saturated rings. The highest BCUT2D eigenvalue weighted by Crippen LogP contribution is 2.29. The van der Waals surface area contributed by atoms with Gasteiger partial charge in [-0.1, -0.05) is 30.3 Å². The van der Waals surface area contributed by atoms with Crippen LogP contribution in [0.1, 0.15) is 22.8 Å². The van der Waals surface area contributed by atoms with Crippen LogP contribution in [-0.2, 0) is 6.54 Å². The summed E-state index contributed by atoms with van der Waals surface area (Å²) in [6.07, 6.45) is 1.67. The van der Waals surface area contributed by atoms with Crippen LogP contribution < -0.4 is 14.8 Å². The SMILES string of the molecule is C=CCOc1ccc(CNc2cc(C(=O)O)ccc2Cl)cc1OCC. The first-order chi connectivity index (χ1) is 12.0. The number of carboxylic acid groups (broad SMARTS) is 1. The molecule has 0 atom stereocenters. The number of aromatic carboxylic acids is 1. The molecule has 2 rings (SSSR count). The zero-order valence-electron chi connectivity index (χ0n) is 13.9. The number of carboxylic acids is 1. The van der Waals surface area contributed by atoms with Crippen molar-refractivity contribution in [3.8, 4) is 11.5 Å². The number of ether oxygens (including phenoxy) is 2. The lowest BCUT2D eigenvalue weighted by Gasteiger charge is -2.14. The number of anilines is 1. The zero-order chi connectivity index (χ0) is 18.2. The van der Waals surface area contributed by atoms with Gasteiger partial charge in [0.1, 0.15) is 6.61 Å². The highest BCUT2D eigenvalue weighted by atomic mass is 35.5. The minimum Gasteiger partial charge on any atom is -0.490 e. The molecule has 2 N–H and O–H groups in total. The van der Waals surface area contributed by atoms with E-state index in [0.717, 1.165) is 5.56 Å².